The van der Waals surface area contributed by atoms with Crippen molar-refractivity contribution in [2.24, 2.45) is 0 Å². The average Bonchev–Trinajstić information content (AvgIpc) is 2.60. The number of benzene rings is 1. The summed E-state index contributed by atoms with van der Waals surface area (Å²) >= 11 is 0. The van der Waals surface area contributed by atoms with Gasteiger partial charge in [0, 0.05) is 24.6 Å². The summed E-state index contributed by atoms with van der Waals surface area (Å²) in [4.78, 5) is 38.7. The standard InChI is InChI=1S/C16H15N3O4/c1-23-16(22)12-2-4-13(5-3-12)19-15(21)14(20)18-10-11-6-8-17-9-7-11/h2-9H,10H2,1H3,(H,18,20)(H,19,21). The number of hydrogen-bond acceptors (Lipinski definition) is 5. The van der Waals surface area contributed by atoms with Gasteiger partial charge in [-0.2, -0.15) is 0 Å². The van der Waals surface area contributed by atoms with Gasteiger partial charge in [-0.25, -0.2) is 4.79 Å². The number of ether oxygens (including phenoxy) is 1. The zero-order valence-corrected chi connectivity index (χ0v) is 12.4. The van der Waals surface area contributed by atoms with Gasteiger partial charge in [0.15, 0.2) is 0 Å². The number of nitrogens with one attached hydrogen (secondary N) is 2. The fourth-order valence-corrected chi connectivity index (χ4v) is 1.76. The second kappa shape index (κ2) is 7.69. The van der Waals surface area contributed by atoms with Gasteiger partial charge in [0.1, 0.15) is 0 Å². The minimum atomic E-state index is -0.787. The summed E-state index contributed by atoms with van der Waals surface area (Å²) in [5.41, 5.74) is 1.60. The molecule has 23 heavy (non-hydrogen) atoms. The van der Waals surface area contributed by atoms with Crippen molar-refractivity contribution in [3.05, 3.63) is 59.9 Å². The molecule has 0 saturated heterocycles. The third-order valence-electron chi connectivity index (χ3n) is 2.97. The summed E-state index contributed by atoms with van der Waals surface area (Å²) in [5, 5.41) is 4.95. The highest BCUT2D eigenvalue weighted by atomic mass is 16.5. The predicted octanol–water partition coefficient (Wildman–Crippen LogP) is 1.12. The van der Waals surface area contributed by atoms with Crippen LogP contribution in [0.15, 0.2) is 48.8 Å². The Morgan fingerprint density at radius 1 is 1.00 bits per heavy atom. The van der Waals surface area contributed by atoms with E-state index in [0.29, 0.717) is 11.3 Å². The van der Waals surface area contributed by atoms with Crippen molar-refractivity contribution in [3.8, 4) is 0 Å². The Morgan fingerprint density at radius 2 is 1.65 bits per heavy atom. The molecule has 0 unspecified atom stereocenters. The first-order valence-electron chi connectivity index (χ1n) is 6.76. The smallest absolute Gasteiger partial charge is 0.337 e. The van der Waals surface area contributed by atoms with E-state index in [-0.39, 0.29) is 6.54 Å². The quantitative estimate of drug-likeness (QED) is 0.651. The maximum absolute atomic E-state index is 11.8. The van der Waals surface area contributed by atoms with E-state index < -0.39 is 17.8 Å². The molecule has 0 fully saturated rings. The Morgan fingerprint density at radius 3 is 2.26 bits per heavy atom. The molecule has 7 nitrogen and oxygen atoms in total. The van der Waals surface area contributed by atoms with Crippen LogP contribution in [0.3, 0.4) is 0 Å². The number of carbonyl (C=O) groups excluding carboxylic acids is 3. The number of aromatic nitrogens is 1. The Labute approximate surface area is 132 Å². The molecule has 2 rings (SSSR count). The Kier molecular flexibility index (Phi) is 5.40. The highest BCUT2D eigenvalue weighted by molar-refractivity contribution is 6.39. The zero-order chi connectivity index (χ0) is 16.7. The summed E-state index contributed by atoms with van der Waals surface area (Å²) in [7, 11) is 1.28. The molecule has 0 saturated carbocycles. The van der Waals surface area contributed by atoms with Gasteiger partial charge >= 0.3 is 17.8 Å². The molecule has 0 spiro atoms. The second-order valence-corrected chi connectivity index (χ2v) is 4.56. The van der Waals surface area contributed by atoms with Gasteiger partial charge in [-0.15, -0.1) is 0 Å². The van der Waals surface area contributed by atoms with E-state index in [9.17, 15) is 14.4 Å². The molecule has 2 amide bonds. The number of amides is 2. The summed E-state index contributed by atoms with van der Waals surface area (Å²) in [5.74, 6) is -2.01. The van der Waals surface area contributed by atoms with Crippen LogP contribution in [0.4, 0.5) is 5.69 Å². The number of anilines is 1. The van der Waals surface area contributed by atoms with Crippen LogP contribution < -0.4 is 10.6 Å². The molecule has 2 aromatic rings. The van der Waals surface area contributed by atoms with Gasteiger partial charge in [0.2, 0.25) is 0 Å². The number of methoxy groups -OCH3 is 1. The van der Waals surface area contributed by atoms with Crippen molar-refractivity contribution in [2.75, 3.05) is 12.4 Å². The fraction of sp³-hybridized carbons (Fsp3) is 0.125. The second-order valence-electron chi connectivity index (χ2n) is 4.56. The lowest BCUT2D eigenvalue weighted by atomic mass is 10.2. The Bertz CT molecular complexity index is 699. The SMILES string of the molecule is COC(=O)c1ccc(NC(=O)C(=O)NCc2ccncc2)cc1. The van der Waals surface area contributed by atoms with Gasteiger partial charge in [0.25, 0.3) is 0 Å². The number of esters is 1. The largest absolute Gasteiger partial charge is 0.465 e. The molecule has 0 bridgehead atoms. The number of nitrogens with zero attached hydrogens (tertiary/aromatic N) is 1. The topological polar surface area (TPSA) is 97.4 Å². The zero-order valence-electron chi connectivity index (χ0n) is 12.4. The van der Waals surface area contributed by atoms with Crippen molar-refractivity contribution in [1.29, 1.82) is 0 Å². The Balaban J connectivity index is 1.88. The monoisotopic (exact) mass is 313 g/mol. The summed E-state index contributed by atoms with van der Waals surface area (Å²) in [6.45, 7) is 0.232. The maximum Gasteiger partial charge on any atom is 0.337 e. The predicted molar refractivity (Wildman–Crippen MR) is 82.5 cm³/mol. The summed E-state index contributed by atoms with van der Waals surface area (Å²) in [6.07, 6.45) is 3.20. The molecule has 0 aliphatic carbocycles. The van der Waals surface area contributed by atoms with Crippen molar-refractivity contribution < 1.29 is 19.1 Å². The molecule has 1 aromatic heterocycles. The van der Waals surface area contributed by atoms with Gasteiger partial charge in [-0.1, -0.05) is 0 Å². The minimum Gasteiger partial charge on any atom is -0.465 e. The number of rotatable bonds is 4. The van der Waals surface area contributed by atoms with Crippen LogP contribution in [0.2, 0.25) is 0 Å². The van der Waals surface area contributed by atoms with Gasteiger partial charge in [0.05, 0.1) is 12.7 Å². The fourth-order valence-electron chi connectivity index (χ4n) is 1.76. The molecule has 0 atom stereocenters. The molecule has 1 aromatic carbocycles. The number of carbonyl (C=O) groups is 3. The highest BCUT2D eigenvalue weighted by Crippen LogP contribution is 2.10. The maximum atomic E-state index is 11.8. The summed E-state index contributed by atoms with van der Waals surface area (Å²) in [6, 6.07) is 9.50. The molecule has 1 heterocycles. The van der Waals surface area contributed by atoms with Crippen LogP contribution >= 0.6 is 0 Å². The van der Waals surface area contributed by atoms with Crippen molar-refractivity contribution in [1.82, 2.24) is 10.3 Å². The third kappa shape index (κ3) is 4.63. The lowest BCUT2D eigenvalue weighted by Gasteiger charge is -2.07. The lowest BCUT2D eigenvalue weighted by molar-refractivity contribution is -0.136. The van der Waals surface area contributed by atoms with Crippen LogP contribution in [0.1, 0.15) is 15.9 Å². The first-order valence-corrected chi connectivity index (χ1v) is 6.76. The van der Waals surface area contributed by atoms with E-state index in [1.165, 1.54) is 31.4 Å². The van der Waals surface area contributed by atoms with E-state index in [2.05, 4.69) is 20.4 Å². The van der Waals surface area contributed by atoms with E-state index >= 15 is 0 Å². The average molecular weight is 313 g/mol. The van der Waals surface area contributed by atoms with Gasteiger partial charge in [-0.3, -0.25) is 14.6 Å². The van der Waals surface area contributed by atoms with Gasteiger partial charge in [-0.05, 0) is 42.0 Å². The van der Waals surface area contributed by atoms with Crippen molar-refractivity contribution in [2.45, 2.75) is 6.54 Å². The van der Waals surface area contributed by atoms with Crippen LogP contribution in [-0.4, -0.2) is 29.9 Å². The van der Waals surface area contributed by atoms with E-state index in [0.717, 1.165) is 5.56 Å². The molecule has 2 N–H and O–H groups in total. The number of pyridine rings is 1. The third-order valence-corrected chi connectivity index (χ3v) is 2.97. The minimum absolute atomic E-state index is 0.232. The molecule has 118 valence electrons. The normalized spacial score (nSPS) is 9.78. The molecular formula is C16H15N3O4. The van der Waals surface area contributed by atoms with Crippen molar-refractivity contribution >= 4 is 23.5 Å². The lowest BCUT2D eigenvalue weighted by Crippen LogP contribution is -2.34. The molecule has 0 aliphatic heterocycles. The van der Waals surface area contributed by atoms with Crippen molar-refractivity contribution in [3.63, 3.8) is 0 Å². The molecular weight excluding hydrogens is 298 g/mol. The number of hydrogen-bond donors (Lipinski definition) is 2. The first-order chi connectivity index (χ1) is 11.1. The highest BCUT2D eigenvalue weighted by Gasteiger charge is 2.13. The van der Waals surface area contributed by atoms with E-state index in [4.69, 9.17) is 0 Å². The van der Waals surface area contributed by atoms with E-state index in [1.807, 2.05) is 0 Å². The first kappa shape index (κ1) is 16.2. The molecule has 0 radical (unpaired) electrons. The van der Waals surface area contributed by atoms with Crippen LogP contribution in [-0.2, 0) is 20.9 Å². The van der Waals surface area contributed by atoms with E-state index in [1.54, 1.807) is 24.5 Å². The Hall–Kier alpha value is -3.22. The molecule has 0 aliphatic rings. The van der Waals surface area contributed by atoms with Crippen LogP contribution in [0.5, 0.6) is 0 Å². The van der Waals surface area contributed by atoms with Crippen LogP contribution in [0, 0.1) is 0 Å². The summed E-state index contributed by atoms with van der Waals surface area (Å²) < 4.78 is 4.57. The van der Waals surface area contributed by atoms with Crippen LogP contribution in [0.25, 0.3) is 0 Å². The van der Waals surface area contributed by atoms with Gasteiger partial charge < -0.3 is 15.4 Å². The molecule has 7 heteroatoms.